The van der Waals surface area contributed by atoms with E-state index in [0.29, 0.717) is 56.9 Å². The van der Waals surface area contributed by atoms with E-state index in [4.69, 9.17) is 11.6 Å². The van der Waals surface area contributed by atoms with Crippen LogP contribution in [-0.2, 0) is 7.05 Å². The Kier molecular flexibility index (Phi) is 16.8. The minimum absolute atomic E-state index is 0.181. The number of nitrogens with zero attached hydrogens (tertiary/aromatic N) is 9. The first kappa shape index (κ1) is 55.2. The summed E-state index contributed by atoms with van der Waals surface area (Å²) in [5.74, 6) is -0.219. The molecule has 82 heavy (non-hydrogen) atoms. The molecule has 12 rings (SSSR count). The summed E-state index contributed by atoms with van der Waals surface area (Å²) in [6.07, 6.45) is 11.5. The molecule has 0 fully saturated rings. The van der Waals surface area contributed by atoms with Crippen molar-refractivity contribution in [3.8, 4) is 33.8 Å². The first-order valence-electron chi connectivity index (χ1n) is 25.7. The van der Waals surface area contributed by atoms with Crippen molar-refractivity contribution in [1.82, 2.24) is 80.8 Å². The number of anilines is 2. The van der Waals surface area contributed by atoms with Gasteiger partial charge in [0.2, 0.25) is 5.65 Å². The number of hydrogen-bond acceptors (Lipinski definition) is 16. The maximum atomic E-state index is 12.7. The lowest BCUT2D eigenvalue weighted by Gasteiger charge is -2.16. The maximum Gasteiger partial charge on any atom is 0.268 e. The van der Waals surface area contributed by atoms with E-state index in [1.165, 1.54) is 19.0 Å². The summed E-state index contributed by atoms with van der Waals surface area (Å²) in [7, 11) is 1.93. The summed E-state index contributed by atoms with van der Waals surface area (Å²) >= 11 is 5.99. The summed E-state index contributed by atoms with van der Waals surface area (Å²) in [6.45, 7) is 3.89. The summed E-state index contributed by atoms with van der Waals surface area (Å²) in [5, 5.41) is 55.8. The third-order valence-corrected chi connectivity index (χ3v) is 13.6. The zero-order valence-corrected chi connectivity index (χ0v) is 45.1. The third kappa shape index (κ3) is 12.3. The molecular formula is C57H55ClN18O6. The molecule has 1 aliphatic heterocycles. The summed E-state index contributed by atoms with van der Waals surface area (Å²) < 4.78 is 1.93. The van der Waals surface area contributed by atoms with Crippen molar-refractivity contribution in [3.05, 3.63) is 191 Å². The Morgan fingerprint density at radius 3 is 1.65 bits per heavy atom. The highest BCUT2D eigenvalue weighted by molar-refractivity contribution is 6.30. The second kappa shape index (κ2) is 24.9. The van der Waals surface area contributed by atoms with Gasteiger partial charge in [0.25, 0.3) is 17.7 Å². The molecule has 3 atom stereocenters. The molecule has 3 amide bonds. The zero-order valence-electron chi connectivity index (χ0n) is 44.3. The SMILES string of the molecule is Cc1cccc([C@@H](CO)NC(=O)c2cc(-c3ncnc4c3ccn4C)c[nH]2)c1.Cc1cccc([C@@H](CO)NC(=O)c2cc(-c3ncnc4n[nH]nc34)c[nH]2)c1.O=C(N[C@H](CO)c1cccc(Cl)c1)c1cc(-c2ncnc3c2NCN3)c[nH]1. The number of fused-ring (bicyclic) bond motifs is 3. The van der Waals surface area contributed by atoms with Gasteiger partial charge in [0, 0.05) is 58.9 Å². The molecule has 0 unspecified atom stereocenters. The van der Waals surface area contributed by atoms with Crippen LogP contribution in [0.15, 0.2) is 141 Å². The highest BCUT2D eigenvalue weighted by Gasteiger charge is 2.23. The molecule has 11 aromatic rings. The number of aromatic amines is 4. The van der Waals surface area contributed by atoms with Crippen LogP contribution in [-0.4, -0.2) is 124 Å². The van der Waals surface area contributed by atoms with Crippen LogP contribution in [0.4, 0.5) is 11.5 Å². The van der Waals surface area contributed by atoms with Gasteiger partial charge in [-0.1, -0.05) is 83.4 Å². The van der Waals surface area contributed by atoms with Crippen LogP contribution in [0.3, 0.4) is 0 Å². The molecule has 3 aromatic carbocycles. The van der Waals surface area contributed by atoms with Gasteiger partial charge in [0.15, 0.2) is 11.3 Å². The zero-order chi connectivity index (χ0) is 57.3. The molecule has 24 nitrogen and oxygen atoms in total. The van der Waals surface area contributed by atoms with Gasteiger partial charge in [-0.05, 0) is 66.9 Å². The average Bonchev–Trinajstić information content (AvgIpc) is 4.42. The van der Waals surface area contributed by atoms with Crippen molar-refractivity contribution in [3.63, 3.8) is 0 Å². The van der Waals surface area contributed by atoms with E-state index < -0.39 is 18.1 Å². The van der Waals surface area contributed by atoms with E-state index in [9.17, 15) is 29.7 Å². The number of aliphatic hydroxyl groups is 3. The van der Waals surface area contributed by atoms with Crippen LogP contribution in [0.1, 0.15) is 77.4 Å². The number of benzene rings is 3. The van der Waals surface area contributed by atoms with Crippen LogP contribution >= 0.6 is 11.6 Å². The fraction of sp³-hybridized carbons (Fsp3) is 0.175. The van der Waals surface area contributed by atoms with Crippen LogP contribution in [0, 0.1) is 13.8 Å². The molecule has 12 N–H and O–H groups in total. The topological polar surface area (TPSA) is 343 Å². The summed E-state index contributed by atoms with van der Waals surface area (Å²) in [6, 6.07) is 28.0. The first-order valence-corrected chi connectivity index (χ1v) is 26.1. The van der Waals surface area contributed by atoms with Gasteiger partial charge in [-0.2, -0.15) is 10.3 Å². The number of carbonyl (C=O) groups excluding carboxylic acids is 3. The Bertz CT molecular complexity index is 4060. The minimum atomic E-state index is -0.558. The second-order valence-corrected chi connectivity index (χ2v) is 19.4. The van der Waals surface area contributed by atoms with Gasteiger partial charge in [0.1, 0.15) is 58.8 Å². The van der Waals surface area contributed by atoms with Gasteiger partial charge in [-0.3, -0.25) is 14.4 Å². The first-order chi connectivity index (χ1) is 39.9. The minimum Gasteiger partial charge on any atom is -0.394 e. The number of carbonyl (C=O) groups is 3. The lowest BCUT2D eigenvalue weighted by atomic mass is 10.0. The predicted molar refractivity (Wildman–Crippen MR) is 307 cm³/mol. The molecule has 0 saturated heterocycles. The Morgan fingerprint density at radius 1 is 0.585 bits per heavy atom. The number of aromatic nitrogens is 13. The van der Waals surface area contributed by atoms with Gasteiger partial charge < -0.3 is 61.4 Å². The van der Waals surface area contributed by atoms with E-state index >= 15 is 0 Å². The highest BCUT2D eigenvalue weighted by atomic mass is 35.5. The fourth-order valence-corrected chi connectivity index (χ4v) is 9.41. The quantitative estimate of drug-likeness (QED) is 0.0512. The van der Waals surface area contributed by atoms with Crippen molar-refractivity contribution in [2.75, 3.05) is 37.1 Å². The van der Waals surface area contributed by atoms with Crippen molar-refractivity contribution in [2.45, 2.75) is 32.0 Å². The number of aliphatic hydroxyl groups excluding tert-OH is 3. The second-order valence-electron chi connectivity index (χ2n) is 19.0. The fourth-order valence-electron chi connectivity index (χ4n) is 9.21. The molecule has 9 heterocycles. The predicted octanol–water partition coefficient (Wildman–Crippen LogP) is 6.63. The number of aryl methyl sites for hydroxylation is 3. The molecule has 0 bridgehead atoms. The normalized spacial score (nSPS) is 12.6. The Labute approximate surface area is 472 Å². The maximum absolute atomic E-state index is 12.7. The number of halogens is 1. The van der Waals surface area contributed by atoms with Crippen LogP contribution in [0.2, 0.25) is 5.02 Å². The highest BCUT2D eigenvalue weighted by Crippen LogP contribution is 2.34. The van der Waals surface area contributed by atoms with Crippen molar-refractivity contribution in [1.29, 1.82) is 0 Å². The molecule has 0 spiro atoms. The summed E-state index contributed by atoms with van der Waals surface area (Å²) in [4.78, 5) is 72.2. The third-order valence-electron chi connectivity index (χ3n) is 13.4. The van der Waals surface area contributed by atoms with E-state index in [2.05, 4.69) is 86.9 Å². The van der Waals surface area contributed by atoms with Gasteiger partial charge in [-0.15, -0.1) is 5.10 Å². The number of hydrogen-bond donors (Lipinski definition) is 12. The molecule has 1 aliphatic rings. The Balaban J connectivity index is 0.000000138. The van der Waals surface area contributed by atoms with Crippen molar-refractivity contribution < 1.29 is 29.7 Å². The molecule has 0 aliphatic carbocycles. The van der Waals surface area contributed by atoms with Crippen LogP contribution < -0.4 is 26.6 Å². The lowest BCUT2D eigenvalue weighted by Crippen LogP contribution is -2.31. The molecule has 0 saturated carbocycles. The summed E-state index contributed by atoms with van der Waals surface area (Å²) in [5.41, 5.74) is 12.6. The van der Waals surface area contributed by atoms with E-state index in [0.717, 1.165) is 67.2 Å². The van der Waals surface area contributed by atoms with Gasteiger partial charge in [-0.25, -0.2) is 29.9 Å². The number of rotatable bonds is 15. The van der Waals surface area contributed by atoms with Crippen molar-refractivity contribution in [2.24, 2.45) is 7.05 Å². The van der Waals surface area contributed by atoms with Gasteiger partial charge >= 0.3 is 0 Å². The van der Waals surface area contributed by atoms with E-state index in [-0.39, 0.29) is 37.5 Å². The molecule has 0 radical (unpaired) electrons. The van der Waals surface area contributed by atoms with E-state index in [1.54, 1.807) is 61.1 Å². The average molecular weight is 1120 g/mol. The van der Waals surface area contributed by atoms with Crippen LogP contribution in [0.5, 0.6) is 0 Å². The van der Waals surface area contributed by atoms with E-state index in [1.807, 2.05) is 86.3 Å². The number of nitrogens with one attached hydrogen (secondary N) is 9. The largest absolute Gasteiger partial charge is 0.394 e. The molecule has 25 heteroatoms. The van der Waals surface area contributed by atoms with Crippen molar-refractivity contribution >= 4 is 63.0 Å². The molecular weight excluding hydrogens is 1070 g/mol. The smallest absolute Gasteiger partial charge is 0.268 e. The van der Waals surface area contributed by atoms with Gasteiger partial charge in [0.05, 0.1) is 50.3 Å². The standard InChI is InChI=1S/C21H21N5O2.C18H17ClN6O2.C18H17N7O2/c1-13-4-3-5-14(8-13)18(11-27)25-21(28)17-9-15(10-22-17)19-16-6-7-26(2)20(16)24-12-23-19;19-12-3-1-2-10(4-12)14(7-26)25-18(27)13-5-11(6-20-13)15-16-17(23-8-21-15)24-9-22-16;1-10-3-2-4-11(5-10)14(8-26)22-18(27)13-6-12(7-19-13)15-16-17(21-9-20-15)24-25-23-16/h3-10,12,18,22,27H,11H2,1-2H3,(H,25,28);1-6,8,14,20,22,26H,7,9H2,(H,25,27)(H,21,23,24);2-7,9,14,19,26H,8H2,1H3,(H,22,27)(H,20,21,23,24,25)/t18-;2*14-/m111/s1. The molecule has 416 valence electrons. The Morgan fingerprint density at radius 2 is 1.09 bits per heavy atom. The Hall–Kier alpha value is -10.1. The number of H-pyrrole nitrogens is 4. The molecule has 8 aromatic heterocycles. The lowest BCUT2D eigenvalue weighted by molar-refractivity contribution is 0.0905. The number of amides is 3. The monoisotopic (exact) mass is 1120 g/mol. The van der Waals surface area contributed by atoms with Crippen LogP contribution in [0.25, 0.3) is 56.0 Å².